The van der Waals surface area contributed by atoms with Crippen LogP contribution >= 0.6 is 0 Å². The number of carbonyl (C=O) groups is 2. The lowest BCUT2D eigenvalue weighted by Gasteiger charge is -2.35. The number of aromatic nitrogens is 3. The summed E-state index contributed by atoms with van der Waals surface area (Å²) in [4.78, 5) is 35.0. The van der Waals surface area contributed by atoms with E-state index in [4.69, 9.17) is 19.6 Å². The molecule has 11 heteroatoms. The number of nitrogens with zero attached hydrogens (tertiary/aromatic N) is 6. The molecule has 1 aliphatic carbocycles. The number of nitriles is 1. The third-order valence-electron chi connectivity index (χ3n) is 7.70. The van der Waals surface area contributed by atoms with Gasteiger partial charge in [-0.25, -0.2) is 19.5 Å². The normalized spacial score (nSPS) is 17.5. The zero-order valence-corrected chi connectivity index (χ0v) is 26.8. The molecule has 2 aromatic heterocycles. The summed E-state index contributed by atoms with van der Waals surface area (Å²) in [5, 5.41) is 18.0. The summed E-state index contributed by atoms with van der Waals surface area (Å²) in [7, 11) is 0. The van der Waals surface area contributed by atoms with Gasteiger partial charge in [-0.3, -0.25) is 0 Å². The minimum atomic E-state index is -0.765. The Bertz CT molecular complexity index is 1590. The van der Waals surface area contributed by atoms with Crippen molar-refractivity contribution in [2.45, 2.75) is 104 Å². The third-order valence-corrected chi connectivity index (χ3v) is 7.70. The molecular weight excluding hydrogens is 558 g/mol. The number of ether oxygens (including phenoxy) is 2. The molecule has 0 bridgehead atoms. The van der Waals surface area contributed by atoms with E-state index in [1.165, 1.54) is 4.90 Å². The maximum absolute atomic E-state index is 13.9. The Morgan fingerprint density at radius 1 is 1.02 bits per heavy atom. The summed E-state index contributed by atoms with van der Waals surface area (Å²) in [6, 6.07) is 9.20. The van der Waals surface area contributed by atoms with Crippen molar-refractivity contribution in [1.29, 1.82) is 5.26 Å². The third kappa shape index (κ3) is 7.07. The Balaban J connectivity index is 1.58. The van der Waals surface area contributed by atoms with Gasteiger partial charge in [-0.1, -0.05) is 6.42 Å². The minimum Gasteiger partial charge on any atom is -0.444 e. The van der Waals surface area contributed by atoms with E-state index in [-0.39, 0.29) is 12.1 Å². The second-order valence-electron chi connectivity index (χ2n) is 13.9. The van der Waals surface area contributed by atoms with Gasteiger partial charge in [0.05, 0.1) is 23.5 Å². The molecule has 0 spiro atoms. The number of nitrogens with one attached hydrogen (secondary N) is 1. The van der Waals surface area contributed by atoms with E-state index >= 15 is 0 Å². The van der Waals surface area contributed by atoms with Gasteiger partial charge in [0.2, 0.25) is 0 Å². The maximum atomic E-state index is 13.9. The Morgan fingerprint density at radius 3 is 2.39 bits per heavy atom. The zero-order chi connectivity index (χ0) is 31.8. The summed E-state index contributed by atoms with van der Waals surface area (Å²) in [6.45, 7) is 14.0. The van der Waals surface area contributed by atoms with Gasteiger partial charge in [0.25, 0.3) is 0 Å². The van der Waals surface area contributed by atoms with E-state index in [0.29, 0.717) is 47.5 Å². The van der Waals surface area contributed by atoms with Crippen LogP contribution in [-0.2, 0) is 9.47 Å². The Morgan fingerprint density at radius 2 is 1.75 bits per heavy atom. The van der Waals surface area contributed by atoms with Crippen LogP contribution < -0.4 is 10.2 Å². The summed E-state index contributed by atoms with van der Waals surface area (Å²) >= 11 is 0. The van der Waals surface area contributed by atoms with Gasteiger partial charge in [-0.15, -0.1) is 0 Å². The van der Waals surface area contributed by atoms with Crippen LogP contribution in [0.5, 0.6) is 0 Å². The molecule has 3 aromatic rings. The van der Waals surface area contributed by atoms with Crippen LogP contribution in [0.25, 0.3) is 5.65 Å². The number of aryl methyl sites for hydroxylation is 1. The lowest BCUT2D eigenvalue weighted by atomic mass is 9.81. The molecule has 0 radical (unpaired) electrons. The molecule has 1 atom stereocenters. The second kappa shape index (κ2) is 12.0. The molecule has 1 saturated carbocycles. The standard InChI is InChI=1S/C33H43N7O4/c1-21-14-22(18-34)16-25(15-21)39(31(42)44-33(5,6)7)28-17-27(37-29-26(19-35-40(28)29)23-10-8-11-23)36-24-12-9-13-38(20-24)30(41)43-32(2,3)4/h14-17,19,23-24H,8-13,20H2,1-7H3,(H,36,37)/t24-/m0/s1. The summed E-state index contributed by atoms with van der Waals surface area (Å²) in [6.07, 6.45) is 5.84. The van der Waals surface area contributed by atoms with Crippen LogP contribution in [0.4, 0.5) is 26.9 Å². The first-order valence-electron chi connectivity index (χ1n) is 15.4. The molecular formula is C33H43N7O4. The molecule has 11 nitrogen and oxygen atoms in total. The molecule has 2 fully saturated rings. The molecule has 1 aliphatic heterocycles. The van der Waals surface area contributed by atoms with E-state index in [1.54, 1.807) is 27.6 Å². The first-order valence-corrected chi connectivity index (χ1v) is 15.4. The average Bonchev–Trinajstić information content (AvgIpc) is 3.29. The largest absolute Gasteiger partial charge is 0.444 e. The zero-order valence-electron chi connectivity index (χ0n) is 26.8. The number of rotatable bonds is 5. The molecule has 0 unspecified atom stereocenters. The topological polar surface area (TPSA) is 125 Å². The molecule has 2 amide bonds. The number of benzene rings is 1. The molecule has 2 aliphatic rings. The average molecular weight is 602 g/mol. The van der Waals surface area contributed by atoms with Gasteiger partial charge in [0.15, 0.2) is 5.65 Å². The Hall–Kier alpha value is -4.33. The van der Waals surface area contributed by atoms with E-state index in [2.05, 4.69) is 11.4 Å². The predicted octanol–water partition coefficient (Wildman–Crippen LogP) is 7.06. The summed E-state index contributed by atoms with van der Waals surface area (Å²) < 4.78 is 13.2. The molecule has 1 saturated heterocycles. The second-order valence-corrected chi connectivity index (χ2v) is 13.9. The van der Waals surface area contributed by atoms with Crippen molar-refractivity contribution in [3.63, 3.8) is 0 Å². The van der Waals surface area contributed by atoms with Crippen LogP contribution in [0.2, 0.25) is 0 Å². The van der Waals surface area contributed by atoms with Crippen molar-refractivity contribution in [2.75, 3.05) is 23.3 Å². The summed E-state index contributed by atoms with van der Waals surface area (Å²) in [5.41, 5.74) is 2.10. The van der Waals surface area contributed by atoms with Gasteiger partial charge in [0.1, 0.15) is 22.8 Å². The summed E-state index contributed by atoms with van der Waals surface area (Å²) in [5.74, 6) is 1.34. The van der Waals surface area contributed by atoms with E-state index < -0.39 is 17.3 Å². The number of piperidine rings is 1. The monoisotopic (exact) mass is 601 g/mol. The van der Waals surface area contributed by atoms with Gasteiger partial charge in [-0.05, 0) is 104 Å². The molecule has 234 valence electrons. The fourth-order valence-electron chi connectivity index (χ4n) is 5.60. The predicted molar refractivity (Wildman–Crippen MR) is 168 cm³/mol. The Kier molecular flexibility index (Phi) is 8.47. The van der Waals surface area contributed by atoms with Crippen LogP contribution in [0, 0.1) is 18.3 Å². The van der Waals surface area contributed by atoms with E-state index in [0.717, 1.165) is 43.2 Å². The van der Waals surface area contributed by atoms with Gasteiger partial charge < -0.3 is 19.7 Å². The van der Waals surface area contributed by atoms with Crippen molar-refractivity contribution in [3.05, 3.63) is 47.2 Å². The smallest absolute Gasteiger partial charge is 0.420 e. The maximum Gasteiger partial charge on any atom is 0.420 e. The highest BCUT2D eigenvalue weighted by atomic mass is 16.6. The number of hydrogen-bond donors (Lipinski definition) is 1. The molecule has 1 N–H and O–H groups in total. The van der Waals surface area contributed by atoms with Crippen molar-refractivity contribution < 1.29 is 19.1 Å². The molecule has 1 aromatic carbocycles. The van der Waals surface area contributed by atoms with Gasteiger partial charge in [-0.2, -0.15) is 14.9 Å². The van der Waals surface area contributed by atoms with Crippen molar-refractivity contribution in [1.82, 2.24) is 19.5 Å². The number of likely N-dealkylation sites (tertiary alicyclic amines) is 1. The van der Waals surface area contributed by atoms with Crippen molar-refractivity contribution in [3.8, 4) is 6.07 Å². The van der Waals surface area contributed by atoms with Gasteiger partial charge in [0, 0.05) is 30.8 Å². The van der Waals surface area contributed by atoms with Crippen molar-refractivity contribution in [2.24, 2.45) is 0 Å². The number of amides is 2. The van der Waals surface area contributed by atoms with Crippen LogP contribution in [0.3, 0.4) is 0 Å². The molecule has 5 rings (SSSR count). The minimum absolute atomic E-state index is 0.0757. The molecule has 44 heavy (non-hydrogen) atoms. The highest BCUT2D eigenvalue weighted by molar-refractivity contribution is 5.96. The fraction of sp³-hybridized carbons (Fsp3) is 0.545. The number of carbonyl (C=O) groups excluding carboxylic acids is 2. The van der Waals surface area contributed by atoms with Crippen LogP contribution in [0.15, 0.2) is 30.5 Å². The Labute approximate surface area is 259 Å². The number of anilines is 3. The number of fused-ring (bicyclic) bond motifs is 1. The SMILES string of the molecule is Cc1cc(C#N)cc(N(C(=O)OC(C)(C)C)c2cc(N[C@H]3CCCN(C(=O)OC(C)(C)C)C3)nc3c(C4CCC4)cnn23)c1. The fourth-order valence-corrected chi connectivity index (χ4v) is 5.60. The first-order chi connectivity index (χ1) is 20.7. The first kappa shape index (κ1) is 31.1. The van der Waals surface area contributed by atoms with E-state index in [9.17, 15) is 14.9 Å². The molecule has 3 heterocycles. The quantitative estimate of drug-likeness (QED) is 0.329. The van der Waals surface area contributed by atoms with Crippen LogP contribution in [-0.4, -0.2) is 62.0 Å². The van der Waals surface area contributed by atoms with E-state index in [1.807, 2.05) is 60.7 Å². The lowest BCUT2D eigenvalue weighted by molar-refractivity contribution is 0.0206. The lowest BCUT2D eigenvalue weighted by Crippen LogP contribution is -2.47. The number of hydrogen-bond acceptors (Lipinski definition) is 8. The van der Waals surface area contributed by atoms with Crippen molar-refractivity contribution >= 4 is 35.2 Å². The highest BCUT2D eigenvalue weighted by Gasteiger charge is 2.32. The van der Waals surface area contributed by atoms with Gasteiger partial charge >= 0.3 is 12.2 Å². The highest BCUT2D eigenvalue weighted by Crippen LogP contribution is 2.40. The van der Waals surface area contributed by atoms with Crippen LogP contribution in [0.1, 0.15) is 96.3 Å².